The van der Waals surface area contributed by atoms with E-state index in [-0.39, 0.29) is 5.91 Å². The minimum absolute atomic E-state index is 0.0804. The van der Waals surface area contributed by atoms with E-state index in [1.807, 2.05) is 6.07 Å². The average molecular weight is 261 g/mol. The molecule has 19 heavy (non-hydrogen) atoms. The summed E-state index contributed by atoms with van der Waals surface area (Å²) >= 11 is 0. The van der Waals surface area contributed by atoms with Gasteiger partial charge in [0.15, 0.2) is 0 Å². The number of anilines is 2. The van der Waals surface area contributed by atoms with Crippen LogP contribution in [0.15, 0.2) is 18.2 Å². The van der Waals surface area contributed by atoms with Gasteiger partial charge in [0.05, 0.1) is 6.42 Å². The third-order valence-electron chi connectivity index (χ3n) is 3.91. The molecule has 2 rings (SSSR count). The topological polar surface area (TPSA) is 58.4 Å². The Hall–Kier alpha value is -1.55. The summed E-state index contributed by atoms with van der Waals surface area (Å²) in [5.74, 6) is 1.14. The highest BCUT2D eigenvalue weighted by Gasteiger charge is 2.19. The molecule has 1 amide bonds. The maximum Gasteiger partial charge on any atom is 0.228 e. The Morgan fingerprint density at radius 2 is 2.16 bits per heavy atom. The molecule has 0 saturated heterocycles. The summed E-state index contributed by atoms with van der Waals surface area (Å²) in [7, 11) is 2.08. The van der Waals surface area contributed by atoms with Gasteiger partial charge in [-0.3, -0.25) is 4.79 Å². The molecule has 1 unspecified atom stereocenters. The number of fused-ring (bicyclic) bond motifs is 1. The Kier molecular flexibility index (Phi) is 4.10. The van der Waals surface area contributed by atoms with Crippen molar-refractivity contribution >= 4 is 17.3 Å². The fourth-order valence-corrected chi connectivity index (χ4v) is 2.47. The van der Waals surface area contributed by atoms with Crippen molar-refractivity contribution in [1.82, 2.24) is 0 Å². The first-order valence-electron chi connectivity index (χ1n) is 6.85. The molecule has 1 heterocycles. The van der Waals surface area contributed by atoms with Crippen molar-refractivity contribution < 1.29 is 4.79 Å². The second-order valence-electron chi connectivity index (χ2n) is 5.69. The molecule has 0 saturated carbocycles. The van der Waals surface area contributed by atoms with Gasteiger partial charge in [-0.25, -0.2) is 0 Å². The summed E-state index contributed by atoms with van der Waals surface area (Å²) in [6.45, 7) is 6.05. The molecule has 1 aliphatic heterocycles. The number of hydrogen-bond donors (Lipinski definition) is 2. The number of hydrogen-bond acceptors (Lipinski definition) is 3. The number of amides is 1. The standard InChI is InChI=1S/C15H23N3O/c1-10(2)12(8-16)9-18(3)13-4-5-14-11(6-13)7-15(19)17-14/h4-6,10,12H,7-9,16H2,1-3H3,(H,17,19). The SMILES string of the molecule is CC(C)C(CN)CN(C)c1ccc2c(c1)CC(=O)N2. The summed E-state index contributed by atoms with van der Waals surface area (Å²) in [6.07, 6.45) is 0.488. The summed E-state index contributed by atoms with van der Waals surface area (Å²) in [5.41, 5.74) is 9.01. The molecule has 1 aromatic rings. The lowest BCUT2D eigenvalue weighted by molar-refractivity contribution is -0.115. The van der Waals surface area contributed by atoms with Gasteiger partial charge in [0.25, 0.3) is 0 Å². The van der Waals surface area contributed by atoms with Crippen LogP contribution in [-0.4, -0.2) is 26.0 Å². The molecule has 1 aliphatic rings. The molecule has 104 valence electrons. The Morgan fingerprint density at radius 3 is 2.79 bits per heavy atom. The normalized spacial score (nSPS) is 15.3. The first kappa shape index (κ1) is 13.9. The Balaban J connectivity index is 2.10. The van der Waals surface area contributed by atoms with Crippen molar-refractivity contribution in [2.24, 2.45) is 17.6 Å². The van der Waals surface area contributed by atoms with E-state index in [1.165, 1.54) is 0 Å². The fraction of sp³-hybridized carbons (Fsp3) is 0.533. The van der Waals surface area contributed by atoms with Crippen LogP contribution in [0.25, 0.3) is 0 Å². The third-order valence-corrected chi connectivity index (χ3v) is 3.91. The zero-order valence-electron chi connectivity index (χ0n) is 11.9. The Bertz CT molecular complexity index is 470. The summed E-state index contributed by atoms with van der Waals surface area (Å²) in [5, 5.41) is 2.86. The van der Waals surface area contributed by atoms with Crippen LogP contribution in [0.4, 0.5) is 11.4 Å². The predicted molar refractivity (Wildman–Crippen MR) is 79.4 cm³/mol. The number of benzene rings is 1. The van der Waals surface area contributed by atoms with Crippen LogP contribution in [0, 0.1) is 11.8 Å². The van der Waals surface area contributed by atoms with Gasteiger partial charge in [0, 0.05) is 25.0 Å². The number of nitrogens with zero attached hydrogens (tertiary/aromatic N) is 1. The molecule has 0 spiro atoms. The van der Waals surface area contributed by atoms with Gasteiger partial charge < -0.3 is 16.0 Å². The average Bonchev–Trinajstić information content (AvgIpc) is 2.74. The third kappa shape index (κ3) is 3.07. The van der Waals surface area contributed by atoms with Crippen LogP contribution in [0.3, 0.4) is 0 Å². The molecule has 0 bridgehead atoms. The van der Waals surface area contributed by atoms with Crippen LogP contribution in [0.2, 0.25) is 0 Å². The van der Waals surface area contributed by atoms with Crippen molar-refractivity contribution in [1.29, 1.82) is 0 Å². The molecular formula is C15H23N3O. The highest BCUT2D eigenvalue weighted by molar-refractivity contribution is 5.99. The van der Waals surface area contributed by atoms with E-state index in [2.05, 4.69) is 43.2 Å². The van der Waals surface area contributed by atoms with Gasteiger partial charge in [-0.15, -0.1) is 0 Å². The van der Waals surface area contributed by atoms with Crippen molar-refractivity contribution in [2.45, 2.75) is 20.3 Å². The van der Waals surface area contributed by atoms with E-state index < -0.39 is 0 Å². The number of carbonyl (C=O) groups is 1. The van der Waals surface area contributed by atoms with Gasteiger partial charge in [0.2, 0.25) is 5.91 Å². The zero-order valence-corrected chi connectivity index (χ0v) is 11.9. The van der Waals surface area contributed by atoms with Crippen molar-refractivity contribution in [3.63, 3.8) is 0 Å². The Morgan fingerprint density at radius 1 is 1.42 bits per heavy atom. The van der Waals surface area contributed by atoms with E-state index in [4.69, 9.17) is 5.73 Å². The quantitative estimate of drug-likeness (QED) is 0.850. The smallest absolute Gasteiger partial charge is 0.228 e. The molecule has 0 fully saturated rings. The Labute approximate surface area is 115 Å². The molecule has 0 radical (unpaired) electrons. The van der Waals surface area contributed by atoms with Crippen LogP contribution in [0.1, 0.15) is 19.4 Å². The van der Waals surface area contributed by atoms with E-state index in [1.54, 1.807) is 0 Å². The van der Waals surface area contributed by atoms with Crippen molar-refractivity contribution in [2.75, 3.05) is 30.4 Å². The van der Waals surface area contributed by atoms with E-state index in [0.29, 0.717) is 24.8 Å². The lowest BCUT2D eigenvalue weighted by atomic mass is 9.95. The van der Waals surface area contributed by atoms with Crippen molar-refractivity contribution in [3.05, 3.63) is 23.8 Å². The summed E-state index contributed by atoms with van der Waals surface area (Å²) < 4.78 is 0. The highest BCUT2D eigenvalue weighted by Crippen LogP contribution is 2.28. The molecule has 1 atom stereocenters. The van der Waals surface area contributed by atoms with Gasteiger partial charge in [-0.2, -0.15) is 0 Å². The number of carbonyl (C=O) groups excluding carboxylic acids is 1. The summed E-state index contributed by atoms with van der Waals surface area (Å²) in [6, 6.07) is 6.14. The number of nitrogens with one attached hydrogen (secondary N) is 1. The maximum atomic E-state index is 11.4. The molecule has 1 aromatic carbocycles. The predicted octanol–water partition coefficient (Wildman–Crippen LogP) is 1.85. The molecule has 0 aromatic heterocycles. The van der Waals surface area contributed by atoms with Crippen molar-refractivity contribution in [3.8, 4) is 0 Å². The highest BCUT2D eigenvalue weighted by atomic mass is 16.1. The molecule has 4 heteroatoms. The molecular weight excluding hydrogens is 238 g/mol. The van der Waals surface area contributed by atoms with Gasteiger partial charge >= 0.3 is 0 Å². The molecule has 4 nitrogen and oxygen atoms in total. The number of rotatable bonds is 5. The van der Waals surface area contributed by atoms with E-state index in [9.17, 15) is 4.79 Å². The first-order chi connectivity index (χ1) is 9.01. The van der Waals surface area contributed by atoms with E-state index >= 15 is 0 Å². The first-order valence-corrected chi connectivity index (χ1v) is 6.85. The lowest BCUT2D eigenvalue weighted by Gasteiger charge is -2.27. The van der Waals surface area contributed by atoms with E-state index in [0.717, 1.165) is 23.5 Å². The monoisotopic (exact) mass is 261 g/mol. The minimum atomic E-state index is 0.0804. The zero-order chi connectivity index (χ0) is 14.0. The molecule has 0 aliphatic carbocycles. The van der Waals surface area contributed by atoms with Gasteiger partial charge in [-0.05, 0) is 42.1 Å². The lowest BCUT2D eigenvalue weighted by Crippen LogP contribution is -2.33. The fourth-order valence-electron chi connectivity index (χ4n) is 2.47. The second kappa shape index (κ2) is 5.61. The van der Waals surface area contributed by atoms with Gasteiger partial charge in [-0.1, -0.05) is 13.8 Å². The van der Waals surface area contributed by atoms with Crippen LogP contribution < -0.4 is 16.0 Å². The van der Waals surface area contributed by atoms with Crippen LogP contribution in [-0.2, 0) is 11.2 Å². The van der Waals surface area contributed by atoms with Crippen LogP contribution >= 0.6 is 0 Å². The molecule has 3 N–H and O–H groups in total. The minimum Gasteiger partial charge on any atom is -0.374 e. The van der Waals surface area contributed by atoms with Gasteiger partial charge in [0.1, 0.15) is 0 Å². The maximum absolute atomic E-state index is 11.4. The second-order valence-corrected chi connectivity index (χ2v) is 5.69. The number of nitrogens with two attached hydrogens (primary N) is 1. The largest absolute Gasteiger partial charge is 0.374 e. The van der Waals surface area contributed by atoms with Crippen LogP contribution in [0.5, 0.6) is 0 Å². The summed E-state index contributed by atoms with van der Waals surface area (Å²) in [4.78, 5) is 13.6.